The van der Waals surface area contributed by atoms with Crippen molar-refractivity contribution in [3.05, 3.63) is 48.3 Å². The molecule has 0 aliphatic heterocycles. The SMILES string of the molecule is Cc1nc2cc(-c3nc4ccccc4o3)ccc2n1C1CCC(C)CC1. The third-order valence-electron chi connectivity index (χ3n) is 5.76. The average molecular weight is 345 g/mol. The highest BCUT2D eigenvalue weighted by Gasteiger charge is 2.23. The van der Waals surface area contributed by atoms with Crippen LogP contribution in [-0.2, 0) is 0 Å². The molecular weight excluding hydrogens is 322 g/mol. The van der Waals surface area contributed by atoms with Crippen molar-refractivity contribution in [1.29, 1.82) is 0 Å². The predicted octanol–water partition coefficient (Wildman–Crippen LogP) is 5.90. The van der Waals surface area contributed by atoms with Gasteiger partial charge in [-0.2, -0.15) is 0 Å². The minimum absolute atomic E-state index is 0.575. The molecule has 4 nitrogen and oxygen atoms in total. The van der Waals surface area contributed by atoms with Gasteiger partial charge >= 0.3 is 0 Å². The summed E-state index contributed by atoms with van der Waals surface area (Å²) < 4.78 is 8.36. The number of hydrogen-bond acceptors (Lipinski definition) is 3. The molecule has 26 heavy (non-hydrogen) atoms. The lowest BCUT2D eigenvalue weighted by Crippen LogP contribution is -2.17. The zero-order valence-corrected chi connectivity index (χ0v) is 15.3. The van der Waals surface area contributed by atoms with E-state index in [1.54, 1.807) is 0 Å². The maximum Gasteiger partial charge on any atom is 0.227 e. The number of para-hydroxylation sites is 2. The van der Waals surface area contributed by atoms with E-state index in [2.05, 4.69) is 41.6 Å². The molecule has 4 heteroatoms. The van der Waals surface area contributed by atoms with Crippen LogP contribution in [0.4, 0.5) is 0 Å². The molecule has 1 aliphatic carbocycles. The number of benzene rings is 2. The molecular formula is C22H23N3O. The first-order valence-corrected chi connectivity index (χ1v) is 9.53. The molecule has 0 unspecified atom stereocenters. The first-order valence-electron chi connectivity index (χ1n) is 9.53. The van der Waals surface area contributed by atoms with Gasteiger partial charge in [0.25, 0.3) is 0 Å². The number of imidazole rings is 1. The van der Waals surface area contributed by atoms with Crippen molar-refractivity contribution < 1.29 is 4.42 Å². The van der Waals surface area contributed by atoms with Gasteiger partial charge in [0, 0.05) is 11.6 Å². The number of fused-ring (bicyclic) bond motifs is 2. The Hall–Kier alpha value is -2.62. The van der Waals surface area contributed by atoms with Gasteiger partial charge in [0.2, 0.25) is 5.89 Å². The lowest BCUT2D eigenvalue weighted by atomic mass is 9.87. The molecule has 5 rings (SSSR count). The Labute approximate surface area is 152 Å². The van der Waals surface area contributed by atoms with Crippen LogP contribution in [-0.4, -0.2) is 14.5 Å². The summed E-state index contributed by atoms with van der Waals surface area (Å²) in [5, 5.41) is 0. The molecule has 4 aromatic rings. The van der Waals surface area contributed by atoms with Crippen molar-refractivity contribution in [3.63, 3.8) is 0 Å². The van der Waals surface area contributed by atoms with Crippen LogP contribution >= 0.6 is 0 Å². The van der Waals surface area contributed by atoms with E-state index in [9.17, 15) is 0 Å². The minimum atomic E-state index is 0.575. The van der Waals surface area contributed by atoms with Crippen molar-refractivity contribution >= 4 is 22.1 Å². The molecule has 0 amide bonds. The lowest BCUT2D eigenvalue weighted by molar-refractivity contribution is 0.291. The first-order chi connectivity index (χ1) is 12.7. The summed E-state index contributed by atoms with van der Waals surface area (Å²) in [6.07, 6.45) is 5.12. The summed E-state index contributed by atoms with van der Waals surface area (Å²) in [7, 11) is 0. The van der Waals surface area contributed by atoms with E-state index in [0.29, 0.717) is 11.9 Å². The van der Waals surface area contributed by atoms with Crippen molar-refractivity contribution in [2.45, 2.75) is 45.6 Å². The van der Waals surface area contributed by atoms with Gasteiger partial charge in [0.1, 0.15) is 11.3 Å². The summed E-state index contributed by atoms with van der Waals surface area (Å²) in [6, 6.07) is 14.8. The normalized spacial score (nSPS) is 20.8. The van der Waals surface area contributed by atoms with Gasteiger partial charge in [-0.15, -0.1) is 0 Å². The van der Waals surface area contributed by atoms with Gasteiger partial charge in [-0.1, -0.05) is 19.1 Å². The van der Waals surface area contributed by atoms with Crippen LogP contribution in [0, 0.1) is 12.8 Å². The highest BCUT2D eigenvalue weighted by Crippen LogP contribution is 2.36. The minimum Gasteiger partial charge on any atom is -0.436 e. The summed E-state index contributed by atoms with van der Waals surface area (Å²) >= 11 is 0. The molecule has 0 saturated heterocycles. The van der Waals surface area contributed by atoms with Crippen molar-refractivity contribution in [1.82, 2.24) is 14.5 Å². The van der Waals surface area contributed by atoms with E-state index in [4.69, 9.17) is 9.40 Å². The van der Waals surface area contributed by atoms with Crippen molar-refractivity contribution in [2.24, 2.45) is 5.92 Å². The molecule has 1 fully saturated rings. The van der Waals surface area contributed by atoms with E-state index in [0.717, 1.165) is 33.9 Å². The van der Waals surface area contributed by atoms with Crippen LogP contribution in [0.5, 0.6) is 0 Å². The Morgan fingerprint density at radius 1 is 0.962 bits per heavy atom. The van der Waals surface area contributed by atoms with E-state index in [1.807, 2.05) is 24.3 Å². The standard InChI is InChI=1S/C22H23N3O/c1-14-7-10-17(11-8-14)25-15(2)23-19-13-16(9-12-20(19)25)22-24-18-5-3-4-6-21(18)26-22/h3-6,9,12-14,17H,7-8,10-11H2,1-2H3. The van der Waals surface area contributed by atoms with E-state index < -0.39 is 0 Å². The van der Waals surface area contributed by atoms with Gasteiger partial charge in [0.05, 0.1) is 11.0 Å². The molecule has 1 saturated carbocycles. The Bertz CT molecular complexity index is 1050. The van der Waals surface area contributed by atoms with Crippen LogP contribution in [0.25, 0.3) is 33.6 Å². The number of aryl methyl sites for hydroxylation is 1. The second kappa shape index (κ2) is 5.97. The third kappa shape index (κ3) is 2.52. The molecule has 1 aliphatic rings. The van der Waals surface area contributed by atoms with E-state index >= 15 is 0 Å². The molecule has 0 N–H and O–H groups in total. The van der Waals surface area contributed by atoms with Gasteiger partial charge in [0.15, 0.2) is 5.58 Å². The van der Waals surface area contributed by atoms with Gasteiger partial charge in [-0.3, -0.25) is 0 Å². The van der Waals surface area contributed by atoms with E-state index in [1.165, 1.54) is 31.2 Å². The number of aromatic nitrogens is 3. The number of nitrogens with zero attached hydrogens (tertiary/aromatic N) is 3. The molecule has 2 aromatic carbocycles. The molecule has 132 valence electrons. The highest BCUT2D eigenvalue weighted by atomic mass is 16.3. The summed E-state index contributed by atoms with van der Waals surface area (Å²) in [5.74, 6) is 2.62. The molecule has 0 atom stereocenters. The van der Waals surface area contributed by atoms with Crippen LogP contribution in [0.15, 0.2) is 46.9 Å². The largest absolute Gasteiger partial charge is 0.436 e. The molecule has 2 heterocycles. The Morgan fingerprint density at radius 3 is 2.58 bits per heavy atom. The second-order valence-electron chi connectivity index (χ2n) is 7.63. The monoisotopic (exact) mass is 345 g/mol. The fourth-order valence-corrected chi connectivity index (χ4v) is 4.31. The molecule has 2 aromatic heterocycles. The van der Waals surface area contributed by atoms with Crippen molar-refractivity contribution in [2.75, 3.05) is 0 Å². The third-order valence-corrected chi connectivity index (χ3v) is 5.76. The smallest absolute Gasteiger partial charge is 0.227 e. The number of oxazole rings is 1. The zero-order valence-electron chi connectivity index (χ0n) is 15.3. The summed E-state index contributed by atoms with van der Waals surface area (Å²) in [4.78, 5) is 9.46. The number of hydrogen-bond donors (Lipinski definition) is 0. The maximum atomic E-state index is 5.92. The van der Waals surface area contributed by atoms with Crippen LogP contribution in [0.1, 0.15) is 44.5 Å². The van der Waals surface area contributed by atoms with Gasteiger partial charge < -0.3 is 8.98 Å². The Kier molecular flexibility index (Phi) is 3.59. The Morgan fingerprint density at radius 2 is 1.77 bits per heavy atom. The van der Waals surface area contributed by atoms with Crippen LogP contribution in [0.2, 0.25) is 0 Å². The summed E-state index contributed by atoms with van der Waals surface area (Å²) in [6.45, 7) is 4.48. The van der Waals surface area contributed by atoms with Crippen molar-refractivity contribution in [3.8, 4) is 11.5 Å². The van der Waals surface area contributed by atoms with Crippen LogP contribution < -0.4 is 0 Å². The maximum absolute atomic E-state index is 5.92. The topological polar surface area (TPSA) is 43.9 Å². The lowest BCUT2D eigenvalue weighted by Gasteiger charge is -2.28. The highest BCUT2D eigenvalue weighted by molar-refractivity contribution is 5.83. The first kappa shape index (κ1) is 15.6. The fraction of sp³-hybridized carbons (Fsp3) is 0.364. The zero-order chi connectivity index (χ0) is 17.7. The average Bonchev–Trinajstić information content (AvgIpc) is 3.22. The molecule has 0 radical (unpaired) electrons. The predicted molar refractivity (Wildman–Crippen MR) is 104 cm³/mol. The quantitative estimate of drug-likeness (QED) is 0.454. The number of rotatable bonds is 2. The Balaban J connectivity index is 1.56. The fourth-order valence-electron chi connectivity index (χ4n) is 4.31. The van der Waals surface area contributed by atoms with Crippen LogP contribution in [0.3, 0.4) is 0 Å². The molecule has 0 bridgehead atoms. The summed E-state index contributed by atoms with van der Waals surface area (Å²) in [5.41, 5.74) is 4.94. The molecule has 0 spiro atoms. The van der Waals surface area contributed by atoms with Gasteiger partial charge in [-0.25, -0.2) is 9.97 Å². The van der Waals surface area contributed by atoms with Gasteiger partial charge in [-0.05, 0) is 68.9 Å². The van der Waals surface area contributed by atoms with E-state index in [-0.39, 0.29) is 0 Å². The second-order valence-corrected chi connectivity index (χ2v) is 7.63.